The largest absolute Gasteiger partial charge is 0.486 e. The predicted molar refractivity (Wildman–Crippen MR) is 162 cm³/mol. The minimum absolute atomic E-state index is 0.0160. The Bertz CT molecular complexity index is 1100. The summed E-state index contributed by atoms with van der Waals surface area (Å²) in [6.45, 7) is 4.52. The van der Waals surface area contributed by atoms with E-state index in [2.05, 4.69) is 31.2 Å². The monoisotopic (exact) mass is 548 g/mol. The maximum Gasteiger partial charge on any atom is 0.200 e. The molecule has 0 aromatic heterocycles. The Balaban J connectivity index is 1.07. The first-order valence-electron chi connectivity index (χ1n) is 16.3. The van der Waals surface area contributed by atoms with E-state index in [1.807, 2.05) is 19.1 Å². The molecule has 3 aliphatic rings. The van der Waals surface area contributed by atoms with Crippen molar-refractivity contribution in [3.8, 4) is 5.75 Å². The third kappa shape index (κ3) is 7.18. The molecule has 0 aliphatic heterocycles. The molecule has 0 saturated heterocycles. The second-order valence-corrected chi connectivity index (χ2v) is 13.2. The fourth-order valence-electron chi connectivity index (χ4n) is 8.37. The second-order valence-electron chi connectivity index (χ2n) is 13.2. The van der Waals surface area contributed by atoms with Crippen molar-refractivity contribution in [1.82, 2.24) is 0 Å². The van der Waals surface area contributed by atoms with Crippen LogP contribution >= 0.6 is 0 Å². The van der Waals surface area contributed by atoms with Crippen molar-refractivity contribution in [1.29, 1.82) is 0 Å². The van der Waals surface area contributed by atoms with Crippen molar-refractivity contribution in [3.63, 3.8) is 0 Å². The normalized spacial score (nSPS) is 28.9. The van der Waals surface area contributed by atoms with Gasteiger partial charge in [0.25, 0.3) is 0 Å². The highest BCUT2D eigenvalue weighted by Gasteiger charge is 2.38. The summed E-state index contributed by atoms with van der Waals surface area (Å²) in [4.78, 5) is 0. The maximum atomic E-state index is 14.6. The maximum absolute atomic E-state index is 14.6. The van der Waals surface area contributed by atoms with E-state index in [1.54, 1.807) is 12.1 Å². The first-order chi connectivity index (χ1) is 19.6. The molecule has 3 saturated carbocycles. The average molecular weight is 549 g/mol. The lowest BCUT2D eigenvalue weighted by Crippen LogP contribution is -2.34. The fraction of sp³-hybridized carbons (Fsp3) is 0.622. The van der Waals surface area contributed by atoms with E-state index in [-0.39, 0.29) is 12.4 Å². The van der Waals surface area contributed by atoms with E-state index in [0.717, 1.165) is 35.2 Å². The molecule has 2 aromatic carbocycles. The van der Waals surface area contributed by atoms with Gasteiger partial charge in [-0.3, -0.25) is 0 Å². The summed E-state index contributed by atoms with van der Waals surface area (Å²) in [6, 6.07) is 11.8. The van der Waals surface area contributed by atoms with E-state index in [9.17, 15) is 8.78 Å². The Morgan fingerprint density at radius 1 is 0.775 bits per heavy atom. The topological polar surface area (TPSA) is 9.23 Å². The molecule has 218 valence electrons. The smallest absolute Gasteiger partial charge is 0.200 e. The predicted octanol–water partition coefficient (Wildman–Crippen LogP) is 11.0. The van der Waals surface area contributed by atoms with Crippen LogP contribution in [0, 0.1) is 41.2 Å². The summed E-state index contributed by atoms with van der Waals surface area (Å²) in [5.74, 6) is 3.93. The molecule has 40 heavy (non-hydrogen) atoms. The van der Waals surface area contributed by atoms with Gasteiger partial charge in [-0.15, -0.1) is 0 Å². The lowest BCUT2D eigenvalue weighted by Gasteiger charge is -2.45. The van der Waals surface area contributed by atoms with Crippen molar-refractivity contribution >= 4 is 0 Å². The van der Waals surface area contributed by atoms with Gasteiger partial charge < -0.3 is 4.74 Å². The summed E-state index contributed by atoms with van der Waals surface area (Å²) in [5.41, 5.74) is 2.80. The molecule has 0 bridgehead atoms. The molecule has 5 rings (SSSR count). The van der Waals surface area contributed by atoms with Crippen LogP contribution in [-0.4, -0.2) is 0 Å². The van der Waals surface area contributed by atoms with E-state index < -0.39 is 11.6 Å². The summed E-state index contributed by atoms with van der Waals surface area (Å²) in [7, 11) is 0. The van der Waals surface area contributed by atoms with Gasteiger partial charge in [0.1, 0.15) is 6.61 Å². The van der Waals surface area contributed by atoms with Crippen LogP contribution in [0.3, 0.4) is 0 Å². The number of halogens is 2. The third-order valence-corrected chi connectivity index (χ3v) is 10.7. The van der Waals surface area contributed by atoms with Crippen LogP contribution in [0.15, 0.2) is 48.6 Å². The molecule has 0 amide bonds. The van der Waals surface area contributed by atoms with Gasteiger partial charge in [0.2, 0.25) is 5.82 Å². The van der Waals surface area contributed by atoms with Crippen LogP contribution in [0.5, 0.6) is 5.75 Å². The van der Waals surface area contributed by atoms with Gasteiger partial charge in [-0.25, -0.2) is 4.39 Å². The number of benzene rings is 2. The average Bonchev–Trinajstić information content (AvgIpc) is 2.99. The van der Waals surface area contributed by atoms with E-state index >= 15 is 0 Å². The van der Waals surface area contributed by atoms with Gasteiger partial charge in [-0.2, -0.15) is 4.39 Å². The highest BCUT2D eigenvalue weighted by molar-refractivity contribution is 5.32. The zero-order valence-corrected chi connectivity index (χ0v) is 24.9. The van der Waals surface area contributed by atoms with Crippen LogP contribution < -0.4 is 4.74 Å². The summed E-state index contributed by atoms with van der Waals surface area (Å²) in [5, 5.41) is 0. The van der Waals surface area contributed by atoms with E-state index in [0.29, 0.717) is 24.3 Å². The number of aryl methyl sites for hydroxylation is 1. The van der Waals surface area contributed by atoms with Gasteiger partial charge in [-0.1, -0.05) is 68.7 Å². The number of allylic oxidation sites excluding steroid dienone is 2. The van der Waals surface area contributed by atoms with Crippen LogP contribution in [0.25, 0.3) is 0 Å². The number of fused-ring (bicyclic) bond motifs is 1. The zero-order valence-electron chi connectivity index (χ0n) is 24.9. The molecular weight excluding hydrogens is 498 g/mol. The molecular formula is C37H50F2O. The highest BCUT2D eigenvalue weighted by Crippen LogP contribution is 2.50. The molecule has 2 aromatic rings. The molecule has 0 radical (unpaired) electrons. The minimum Gasteiger partial charge on any atom is -0.486 e. The summed E-state index contributed by atoms with van der Waals surface area (Å²) >= 11 is 0. The molecule has 3 aliphatic carbocycles. The van der Waals surface area contributed by atoms with Gasteiger partial charge in [-0.05, 0) is 136 Å². The molecule has 3 heteroatoms. The number of rotatable bonds is 10. The SMILES string of the molecule is CC=CCCc1ccc(OCc2ccc(C3CCC(C4CCC5CC(CCC)CCC5C4)CC3)cc2)c(F)c1F. The number of ether oxygens (including phenoxy) is 1. The van der Waals surface area contributed by atoms with Crippen molar-refractivity contribution < 1.29 is 13.5 Å². The van der Waals surface area contributed by atoms with Crippen molar-refractivity contribution in [2.45, 2.75) is 116 Å². The Kier molecular flexibility index (Phi) is 10.4. The Hall–Kier alpha value is -2.16. The Morgan fingerprint density at radius 2 is 1.45 bits per heavy atom. The van der Waals surface area contributed by atoms with Crippen molar-refractivity contribution in [2.75, 3.05) is 0 Å². The van der Waals surface area contributed by atoms with Crippen LogP contribution in [0.1, 0.15) is 120 Å². The van der Waals surface area contributed by atoms with Crippen molar-refractivity contribution in [3.05, 3.63) is 76.9 Å². The summed E-state index contributed by atoms with van der Waals surface area (Å²) in [6.07, 6.45) is 22.2. The third-order valence-electron chi connectivity index (χ3n) is 10.7. The fourth-order valence-corrected chi connectivity index (χ4v) is 8.37. The molecule has 1 nitrogen and oxygen atoms in total. The number of hydrogen-bond acceptors (Lipinski definition) is 1. The first-order valence-corrected chi connectivity index (χ1v) is 16.3. The first kappa shape index (κ1) is 29.3. The van der Waals surface area contributed by atoms with Gasteiger partial charge >= 0.3 is 0 Å². The van der Waals surface area contributed by atoms with Crippen LogP contribution in [-0.2, 0) is 13.0 Å². The standard InChI is InChI=1S/C37H50F2O/c1-3-5-6-8-31-21-22-35(37(39)36(31)38)40-25-27-10-12-28(13-11-27)29-15-17-30(18-16-29)33-20-19-32-23-26(7-4-2)9-14-34(32)24-33/h3,5,10-13,21-22,26,29-30,32-34H,4,6-9,14-20,23-25H2,1-2H3. The summed E-state index contributed by atoms with van der Waals surface area (Å²) < 4.78 is 34.7. The van der Waals surface area contributed by atoms with Crippen molar-refractivity contribution in [2.24, 2.45) is 29.6 Å². The molecule has 3 fully saturated rings. The van der Waals surface area contributed by atoms with Crippen LogP contribution in [0.2, 0.25) is 0 Å². The van der Waals surface area contributed by atoms with Crippen LogP contribution in [0.4, 0.5) is 8.78 Å². The Labute approximate surface area is 241 Å². The second kappa shape index (κ2) is 14.1. The minimum atomic E-state index is -0.885. The number of hydrogen-bond donors (Lipinski definition) is 0. The molecule has 0 heterocycles. The lowest BCUT2D eigenvalue weighted by molar-refractivity contribution is 0.0618. The lowest BCUT2D eigenvalue weighted by atomic mass is 9.60. The van der Waals surface area contributed by atoms with Gasteiger partial charge in [0, 0.05) is 0 Å². The molecule has 4 atom stereocenters. The highest BCUT2D eigenvalue weighted by atomic mass is 19.2. The quantitative estimate of drug-likeness (QED) is 0.268. The molecule has 0 N–H and O–H groups in total. The zero-order chi connectivity index (χ0) is 27.9. The van der Waals surface area contributed by atoms with Gasteiger partial charge in [0.15, 0.2) is 11.6 Å². The van der Waals surface area contributed by atoms with E-state index in [1.165, 1.54) is 82.6 Å². The molecule has 0 spiro atoms. The van der Waals surface area contributed by atoms with E-state index in [4.69, 9.17) is 4.74 Å². The Morgan fingerprint density at radius 3 is 2.17 bits per heavy atom. The van der Waals surface area contributed by atoms with Gasteiger partial charge in [0.05, 0.1) is 0 Å². The molecule has 4 unspecified atom stereocenters.